The summed E-state index contributed by atoms with van der Waals surface area (Å²) in [6.45, 7) is 3.72. The molecule has 1 aliphatic rings. The minimum absolute atomic E-state index is 0.177. The third kappa shape index (κ3) is 4.53. The van der Waals surface area contributed by atoms with E-state index in [4.69, 9.17) is 4.74 Å². The van der Waals surface area contributed by atoms with Crippen molar-refractivity contribution in [2.24, 2.45) is 0 Å². The Labute approximate surface area is 178 Å². The second-order valence-electron chi connectivity index (χ2n) is 7.08. The molecular weight excluding hydrogens is 404 g/mol. The first-order valence-corrected chi connectivity index (χ1v) is 11.6. The predicted molar refractivity (Wildman–Crippen MR) is 118 cm³/mol. The van der Waals surface area contributed by atoms with Gasteiger partial charge in [0.1, 0.15) is 22.0 Å². The van der Waals surface area contributed by atoms with Crippen LogP contribution in [0, 0.1) is 6.92 Å². The van der Waals surface area contributed by atoms with Crippen LogP contribution in [0.4, 0.5) is 0 Å². The fraction of sp³-hybridized carbons (Fsp3) is 0.429. The molecule has 0 bridgehead atoms. The Morgan fingerprint density at radius 3 is 2.76 bits per heavy atom. The molecule has 3 aromatic rings. The van der Waals surface area contributed by atoms with Gasteiger partial charge in [0.05, 0.1) is 22.6 Å². The average molecular weight is 429 g/mol. The monoisotopic (exact) mass is 428 g/mol. The van der Waals surface area contributed by atoms with E-state index < -0.39 is 0 Å². The molecule has 0 radical (unpaired) electrons. The van der Waals surface area contributed by atoms with Crippen molar-refractivity contribution < 1.29 is 9.53 Å². The van der Waals surface area contributed by atoms with Gasteiger partial charge in [0.15, 0.2) is 0 Å². The Balaban J connectivity index is 1.59. The van der Waals surface area contributed by atoms with Crippen LogP contribution in [0.3, 0.4) is 0 Å². The lowest BCUT2D eigenvalue weighted by Crippen LogP contribution is -2.33. The Hall–Kier alpha value is -2.19. The molecule has 1 saturated heterocycles. The van der Waals surface area contributed by atoms with Gasteiger partial charge in [-0.1, -0.05) is 36.7 Å². The summed E-state index contributed by atoms with van der Waals surface area (Å²) in [5, 5.41) is 10.6. The summed E-state index contributed by atoms with van der Waals surface area (Å²) in [6.07, 6.45) is 4.63. The van der Waals surface area contributed by atoms with Crippen molar-refractivity contribution in [3.63, 3.8) is 0 Å². The van der Waals surface area contributed by atoms with Gasteiger partial charge < -0.3 is 9.64 Å². The number of aryl methyl sites for hydroxylation is 1. The van der Waals surface area contributed by atoms with Gasteiger partial charge in [-0.05, 0) is 31.9 Å². The summed E-state index contributed by atoms with van der Waals surface area (Å²) < 4.78 is 6.34. The molecule has 1 aliphatic heterocycles. The molecule has 3 heterocycles. The molecule has 0 atom stereocenters. The molecule has 1 amide bonds. The number of carbonyl (C=O) groups is 1. The van der Waals surface area contributed by atoms with Gasteiger partial charge in [0.2, 0.25) is 5.91 Å². The molecule has 1 aromatic carbocycles. The summed E-state index contributed by atoms with van der Waals surface area (Å²) in [5.41, 5.74) is 2.57. The van der Waals surface area contributed by atoms with Gasteiger partial charge in [-0.15, -0.1) is 21.5 Å². The molecule has 4 rings (SSSR count). The van der Waals surface area contributed by atoms with Gasteiger partial charge in [-0.3, -0.25) is 4.79 Å². The molecule has 2 aromatic heterocycles. The number of benzene rings is 1. The third-order valence-electron chi connectivity index (χ3n) is 5.03. The zero-order valence-electron chi connectivity index (χ0n) is 16.7. The molecule has 0 N–H and O–H groups in total. The topological polar surface area (TPSA) is 68.2 Å². The highest BCUT2D eigenvalue weighted by atomic mass is 32.2. The summed E-state index contributed by atoms with van der Waals surface area (Å²) in [4.78, 5) is 19.3. The van der Waals surface area contributed by atoms with E-state index in [0.717, 1.165) is 63.2 Å². The van der Waals surface area contributed by atoms with E-state index in [1.807, 2.05) is 36.1 Å². The molecule has 6 nitrogen and oxygen atoms in total. The summed E-state index contributed by atoms with van der Waals surface area (Å²) in [7, 11) is 1.65. The molecule has 0 unspecified atom stereocenters. The highest BCUT2D eigenvalue weighted by molar-refractivity contribution is 8.00. The smallest absolute Gasteiger partial charge is 0.232 e. The molecule has 1 fully saturated rings. The number of hydrogen-bond acceptors (Lipinski definition) is 7. The number of likely N-dealkylation sites (tertiary alicyclic amines) is 1. The molecule has 0 saturated carbocycles. The van der Waals surface area contributed by atoms with Crippen LogP contribution in [-0.4, -0.2) is 51.9 Å². The SMILES string of the molecule is COc1cccc(-c2nnc(SCC(=O)N3CCCCCC3)c3nc(C)sc23)c1. The lowest BCUT2D eigenvalue weighted by molar-refractivity contribution is -0.128. The average Bonchev–Trinajstić information content (AvgIpc) is 2.95. The van der Waals surface area contributed by atoms with E-state index in [1.165, 1.54) is 24.6 Å². The van der Waals surface area contributed by atoms with Crippen molar-refractivity contribution in [2.75, 3.05) is 26.0 Å². The van der Waals surface area contributed by atoms with Crippen LogP contribution in [0.2, 0.25) is 0 Å². The molecule has 29 heavy (non-hydrogen) atoms. The van der Waals surface area contributed by atoms with Crippen LogP contribution >= 0.6 is 23.1 Å². The molecule has 8 heteroatoms. The molecule has 0 aliphatic carbocycles. The Bertz CT molecular complexity index is 1010. The van der Waals surface area contributed by atoms with Crippen LogP contribution in [0.1, 0.15) is 30.7 Å². The zero-order chi connectivity index (χ0) is 20.2. The zero-order valence-corrected chi connectivity index (χ0v) is 18.3. The first-order chi connectivity index (χ1) is 14.2. The number of thioether (sulfide) groups is 1. The van der Waals surface area contributed by atoms with E-state index in [1.54, 1.807) is 18.4 Å². The summed E-state index contributed by atoms with van der Waals surface area (Å²) in [6, 6.07) is 7.80. The lowest BCUT2D eigenvalue weighted by atomic mass is 10.1. The van der Waals surface area contributed by atoms with Crippen LogP contribution in [-0.2, 0) is 4.79 Å². The van der Waals surface area contributed by atoms with E-state index >= 15 is 0 Å². The number of ether oxygens (including phenoxy) is 1. The van der Waals surface area contributed by atoms with Gasteiger partial charge in [0.25, 0.3) is 0 Å². The summed E-state index contributed by atoms with van der Waals surface area (Å²) in [5.74, 6) is 1.33. The molecule has 0 spiro atoms. The molecule has 152 valence electrons. The largest absolute Gasteiger partial charge is 0.497 e. The van der Waals surface area contributed by atoms with Crippen LogP contribution in [0.15, 0.2) is 29.3 Å². The number of rotatable bonds is 5. The standard InChI is InChI=1S/C21H24N4O2S2/c1-14-22-19-20(29-14)18(15-8-7-9-16(12-15)27-2)23-24-21(19)28-13-17(26)25-10-5-3-4-6-11-25/h7-9,12H,3-6,10-11,13H2,1-2H3. The Kier molecular flexibility index (Phi) is 6.30. The van der Waals surface area contributed by atoms with Gasteiger partial charge >= 0.3 is 0 Å². The maximum atomic E-state index is 12.6. The molecular formula is C21H24N4O2S2. The van der Waals surface area contributed by atoms with Crippen molar-refractivity contribution in [3.8, 4) is 17.0 Å². The Morgan fingerprint density at radius 1 is 1.21 bits per heavy atom. The number of fused-ring (bicyclic) bond motifs is 1. The van der Waals surface area contributed by atoms with Crippen molar-refractivity contribution in [2.45, 2.75) is 37.6 Å². The van der Waals surface area contributed by atoms with Crippen LogP contribution in [0.5, 0.6) is 5.75 Å². The normalized spacial score (nSPS) is 14.8. The van der Waals surface area contributed by atoms with Crippen molar-refractivity contribution in [3.05, 3.63) is 29.3 Å². The van der Waals surface area contributed by atoms with Crippen LogP contribution in [0.25, 0.3) is 21.5 Å². The quantitative estimate of drug-likeness (QED) is 0.555. The van der Waals surface area contributed by atoms with Crippen molar-refractivity contribution >= 4 is 39.2 Å². The number of aromatic nitrogens is 3. The maximum Gasteiger partial charge on any atom is 0.232 e. The van der Waals surface area contributed by atoms with Crippen molar-refractivity contribution in [1.82, 2.24) is 20.1 Å². The van der Waals surface area contributed by atoms with E-state index in [2.05, 4.69) is 15.2 Å². The fourth-order valence-electron chi connectivity index (χ4n) is 3.52. The van der Waals surface area contributed by atoms with Gasteiger partial charge in [0, 0.05) is 18.7 Å². The van der Waals surface area contributed by atoms with Gasteiger partial charge in [-0.2, -0.15) is 0 Å². The first-order valence-electron chi connectivity index (χ1n) is 9.84. The number of carbonyl (C=O) groups excluding carboxylic acids is 1. The first kappa shape index (κ1) is 20.1. The number of hydrogen-bond donors (Lipinski definition) is 0. The number of amides is 1. The van der Waals surface area contributed by atoms with Crippen molar-refractivity contribution in [1.29, 1.82) is 0 Å². The highest BCUT2D eigenvalue weighted by Gasteiger charge is 2.20. The minimum Gasteiger partial charge on any atom is -0.497 e. The van der Waals surface area contributed by atoms with E-state index in [0.29, 0.717) is 5.75 Å². The second kappa shape index (κ2) is 9.09. The fourth-order valence-corrected chi connectivity index (χ4v) is 5.34. The predicted octanol–water partition coefficient (Wildman–Crippen LogP) is 4.57. The maximum absolute atomic E-state index is 12.6. The second-order valence-corrected chi connectivity index (χ2v) is 9.25. The highest BCUT2D eigenvalue weighted by Crippen LogP contribution is 2.36. The van der Waals surface area contributed by atoms with E-state index in [9.17, 15) is 4.79 Å². The summed E-state index contributed by atoms with van der Waals surface area (Å²) >= 11 is 3.04. The number of methoxy groups -OCH3 is 1. The minimum atomic E-state index is 0.177. The van der Waals surface area contributed by atoms with Gasteiger partial charge in [-0.25, -0.2) is 4.98 Å². The van der Waals surface area contributed by atoms with Crippen LogP contribution < -0.4 is 4.74 Å². The lowest BCUT2D eigenvalue weighted by Gasteiger charge is -2.19. The third-order valence-corrected chi connectivity index (χ3v) is 6.94. The van der Waals surface area contributed by atoms with E-state index in [-0.39, 0.29) is 5.91 Å². The number of thiazole rings is 1. The number of nitrogens with zero attached hydrogens (tertiary/aromatic N) is 4. The Morgan fingerprint density at radius 2 is 2.00 bits per heavy atom.